The van der Waals surface area contributed by atoms with Crippen LogP contribution in [0.5, 0.6) is 0 Å². The van der Waals surface area contributed by atoms with Gasteiger partial charge in [0.2, 0.25) is 0 Å². The molecule has 4 aromatic carbocycles. The van der Waals surface area contributed by atoms with Crippen LogP contribution in [0.3, 0.4) is 0 Å². The van der Waals surface area contributed by atoms with Gasteiger partial charge in [-0.25, -0.2) is 4.79 Å². The molecule has 0 radical (unpaired) electrons. The summed E-state index contributed by atoms with van der Waals surface area (Å²) in [5.41, 5.74) is 0.452. The van der Waals surface area contributed by atoms with Crippen molar-refractivity contribution >= 4 is 44.4 Å². The zero-order valence-electron chi connectivity index (χ0n) is 12.1. The quantitative estimate of drug-likeness (QED) is 0.335. The third kappa shape index (κ3) is 2.01. The summed E-state index contributed by atoms with van der Waals surface area (Å²) in [6, 6.07) is 20.0. The van der Waals surface area contributed by atoms with Crippen LogP contribution in [0.15, 0.2) is 60.2 Å². The van der Waals surface area contributed by atoms with E-state index in [4.69, 9.17) is 10.4 Å². The summed E-state index contributed by atoms with van der Waals surface area (Å²) in [5.74, 6) is -1.21. The lowest BCUT2D eigenvalue weighted by molar-refractivity contribution is -0.132. The fraction of sp³-hybridized carbons (Fsp3) is 0. The normalized spacial score (nSPS) is 12.0. The third-order valence-electron chi connectivity index (χ3n) is 4.15. The number of carboxylic acid groups (broad SMARTS) is 1. The van der Waals surface area contributed by atoms with Crippen LogP contribution >= 0.6 is 0 Å². The van der Waals surface area contributed by atoms with E-state index in [-0.39, 0.29) is 5.57 Å². The first kappa shape index (κ1) is 13.3. The number of hydrogen-bond acceptors (Lipinski definition) is 2. The van der Waals surface area contributed by atoms with Gasteiger partial charge in [0.05, 0.1) is 0 Å². The van der Waals surface area contributed by atoms with Crippen LogP contribution < -0.4 is 0 Å². The first-order valence-corrected chi connectivity index (χ1v) is 7.20. The van der Waals surface area contributed by atoms with Crippen molar-refractivity contribution < 1.29 is 9.90 Å². The van der Waals surface area contributed by atoms with E-state index in [9.17, 15) is 4.79 Å². The van der Waals surface area contributed by atoms with Crippen LogP contribution in [0.25, 0.3) is 38.4 Å². The molecule has 0 bridgehead atoms. The molecule has 0 amide bonds. The van der Waals surface area contributed by atoms with Crippen LogP contribution in [0, 0.1) is 11.3 Å². The molecule has 3 heteroatoms. The minimum absolute atomic E-state index is 0.266. The Morgan fingerprint density at radius 2 is 1.43 bits per heavy atom. The molecule has 0 atom stereocenters. The topological polar surface area (TPSA) is 61.1 Å². The van der Waals surface area contributed by atoms with Crippen LogP contribution in [-0.2, 0) is 4.79 Å². The van der Waals surface area contributed by atoms with Gasteiger partial charge in [0.15, 0.2) is 0 Å². The number of aliphatic carboxylic acids is 1. The second-order valence-electron chi connectivity index (χ2n) is 5.53. The first-order chi connectivity index (χ1) is 11.2. The van der Waals surface area contributed by atoms with Crippen molar-refractivity contribution in [3.05, 3.63) is 65.7 Å². The maximum atomic E-state index is 11.0. The van der Waals surface area contributed by atoms with Crippen molar-refractivity contribution in [1.29, 1.82) is 5.26 Å². The molecule has 0 saturated heterocycles. The van der Waals surface area contributed by atoms with Crippen LogP contribution in [-0.4, -0.2) is 11.1 Å². The Morgan fingerprint density at radius 1 is 0.913 bits per heavy atom. The Balaban J connectivity index is 2.08. The zero-order chi connectivity index (χ0) is 16.0. The SMILES string of the molecule is N#C/C(=C\c1cc2ccc3cccc4ccc(c1)c2c34)C(=O)O. The van der Waals surface area contributed by atoms with Crippen molar-refractivity contribution in [2.75, 3.05) is 0 Å². The molecular weight excluding hydrogens is 286 g/mol. The number of nitrogens with zero attached hydrogens (tertiary/aromatic N) is 1. The van der Waals surface area contributed by atoms with Crippen LogP contribution in [0.4, 0.5) is 0 Å². The molecule has 0 aromatic heterocycles. The molecule has 0 fully saturated rings. The standard InChI is InChI=1S/C20H11NO2/c21-11-17(20(22)23)10-12-8-15-6-4-13-2-1-3-14-5-7-16(9-12)19(15)18(13)14/h1-10H,(H,22,23)/b17-10+. The molecule has 4 rings (SSSR count). The minimum Gasteiger partial charge on any atom is -0.477 e. The lowest BCUT2D eigenvalue weighted by Crippen LogP contribution is -1.97. The first-order valence-electron chi connectivity index (χ1n) is 7.20. The molecule has 108 valence electrons. The molecular formula is C20H11NO2. The van der Waals surface area contributed by atoms with Crippen molar-refractivity contribution in [2.45, 2.75) is 0 Å². The van der Waals surface area contributed by atoms with Crippen molar-refractivity contribution in [2.24, 2.45) is 0 Å². The molecule has 0 aliphatic carbocycles. The summed E-state index contributed by atoms with van der Waals surface area (Å²) in [7, 11) is 0. The second kappa shape index (κ2) is 4.82. The fourth-order valence-corrected chi connectivity index (χ4v) is 3.17. The molecule has 23 heavy (non-hydrogen) atoms. The van der Waals surface area contributed by atoms with Crippen molar-refractivity contribution in [3.63, 3.8) is 0 Å². The van der Waals surface area contributed by atoms with Gasteiger partial charge in [0, 0.05) is 0 Å². The summed E-state index contributed by atoms with van der Waals surface area (Å²) >= 11 is 0. The Bertz CT molecular complexity index is 1090. The molecule has 3 nitrogen and oxygen atoms in total. The molecule has 4 aromatic rings. The highest BCUT2D eigenvalue weighted by atomic mass is 16.4. The van der Waals surface area contributed by atoms with E-state index in [1.165, 1.54) is 27.6 Å². The lowest BCUT2D eigenvalue weighted by atomic mass is 9.92. The van der Waals surface area contributed by atoms with Gasteiger partial charge in [-0.1, -0.05) is 42.5 Å². The molecule has 0 aliphatic heterocycles. The number of hydrogen-bond donors (Lipinski definition) is 1. The molecule has 0 heterocycles. The minimum atomic E-state index is -1.21. The smallest absolute Gasteiger partial charge is 0.346 e. The maximum Gasteiger partial charge on any atom is 0.346 e. The average Bonchev–Trinajstić information content (AvgIpc) is 2.57. The van der Waals surface area contributed by atoms with Gasteiger partial charge >= 0.3 is 5.97 Å². The van der Waals surface area contributed by atoms with E-state index in [1.54, 1.807) is 6.07 Å². The van der Waals surface area contributed by atoms with Gasteiger partial charge in [0.25, 0.3) is 0 Å². The maximum absolute atomic E-state index is 11.0. The summed E-state index contributed by atoms with van der Waals surface area (Å²) in [4.78, 5) is 11.0. The van der Waals surface area contributed by atoms with Crippen molar-refractivity contribution in [3.8, 4) is 6.07 Å². The predicted octanol–water partition coefficient (Wildman–Crippen LogP) is 4.58. The Labute approximate surface area is 132 Å². The van der Waals surface area contributed by atoms with Gasteiger partial charge in [-0.15, -0.1) is 0 Å². The summed E-state index contributed by atoms with van der Waals surface area (Å²) in [5, 5.41) is 24.8. The number of carboxylic acids is 1. The number of nitriles is 1. The van der Waals surface area contributed by atoms with E-state index in [0.29, 0.717) is 0 Å². The van der Waals surface area contributed by atoms with Crippen molar-refractivity contribution in [1.82, 2.24) is 0 Å². The number of rotatable bonds is 2. The highest BCUT2D eigenvalue weighted by Gasteiger charge is 2.10. The van der Waals surface area contributed by atoms with Gasteiger partial charge in [-0.3, -0.25) is 0 Å². The second-order valence-corrected chi connectivity index (χ2v) is 5.53. The fourth-order valence-electron chi connectivity index (χ4n) is 3.17. The van der Waals surface area contributed by atoms with E-state index in [2.05, 4.69) is 24.3 Å². The number of benzene rings is 4. The molecule has 1 N–H and O–H groups in total. The van der Waals surface area contributed by atoms with Gasteiger partial charge in [-0.2, -0.15) is 5.26 Å². The van der Waals surface area contributed by atoms with Gasteiger partial charge < -0.3 is 5.11 Å². The highest BCUT2D eigenvalue weighted by Crippen LogP contribution is 2.35. The van der Waals surface area contributed by atoms with Gasteiger partial charge in [0.1, 0.15) is 11.6 Å². The Hall–Kier alpha value is -3.38. The predicted molar refractivity (Wildman–Crippen MR) is 91.4 cm³/mol. The Morgan fingerprint density at radius 3 is 1.96 bits per heavy atom. The number of carbonyl (C=O) groups is 1. The Kier molecular flexibility index (Phi) is 2.79. The summed E-state index contributed by atoms with van der Waals surface area (Å²) in [6.45, 7) is 0. The van der Waals surface area contributed by atoms with E-state index < -0.39 is 5.97 Å². The molecule has 0 spiro atoms. The monoisotopic (exact) mass is 297 g/mol. The zero-order valence-corrected chi connectivity index (χ0v) is 12.1. The average molecular weight is 297 g/mol. The summed E-state index contributed by atoms with van der Waals surface area (Å²) in [6.07, 6.45) is 1.41. The highest BCUT2D eigenvalue weighted by molar-refractivity contribution is 6.23. The third-order valence-corrected chi connectivity index (χ3v) is 4.15. The lowest BCUT2D eigenvalue weighted by Gasteiger charge is -2.11. The summed E-state index contributed by atoms with van der Waals surface area (Å²) < 4.78 is 0. The van der Waals surface area contributed by atoms with Crippen LogP contribution in [0.1, 0.15) is 5.56 Å². The largest absolute Gasteiger partial charge is 0.477 e. The molecule has 0 aliphatic rings. The van der Waals surface area contributed by atoms with Crippen LogP contribution in [0.2, 0.25) is 0 Å². The van der Waals surface area contributed by atoms with E-state index in [0.717, 1.165) is 16.3 Å². The molecule has 0 saturated carbocycles. The van der Waals surface area contributed by atoms with E-state index >= 15 is 0 Å². The molecule has 0 unspecified atom stereocenters. The van der Waals surface area contributed by atoms with E-state index in [1.807, 2.05) is 30.3 Å². The van der Waals surface area contributed by atoms with Gasteiger partial charge in [-0.05, 0) is 56.1 Å².